The number of nitrogens with zero attached hydrogens (tertiary/aromatic N) is 4. The number of ether oxygens (including phenoxy) is 1. The summed E-state index contributed by atoms with van der Waals surface area (Å²) in [6.07, 6.45) is 0. The molecule has 0 radical (unpaired) electrons. The lowest BCUT2D eigenvalue weighted by atomic mass is 10.1. The van der Waals surface area contributed by atoms with Crippen molar-refractivity contribution in [2.45, 2.75) is 25.8 Å². The van der Waals surface area contributed by atoms with Crippen molar-refractivity contribution in [2.24, 2.45) is 0 Å². The molecular weight excluding hydrogens is 392 g/mol. The summed E-state index contributed by atoms with van der Waals surface area (Å²) in [6, 6.07) is 12.6. The molecule has 1 unspecified atom stereocenters. The van der Waals surface area contributed by atoms with Crippen LogP contribution in [-0.2, 0) is 5.92 Å². The highest BCUT2D eigenvalue weighted by molar-refractivity contribution is 5.71. The van der Waals surface area contributed by atoms with Crippen molar-refractivity contribution in [3.8, 4) is 17.0 Å². The Bertz CT molecular complexity index is 1280. The van der Waals surface area contributed by atoms with E-state index in [1.165, 1.54) is 22.9 Å². The number of hydrogen-bond donors (Lipinski definition) is 1. The van der Waals surface area contributed by atoms with Gasteiger partial charge in [0.25, 0.3) is 11.5 Å². The van der Waals surface area contributed by atoms with Gasteiger partial charge in [-0.3, -0.25) is 4.79 Å². The highest BCUT2D eigenvalue weighted by Gasteiger charge is 2.27. The summed E-state index contributed by atoms with van der Waals surface area (Å²) in [5, 5.41) is 4.47. The zero-order valence-corrected chi connectivity index (χ0v) is 16.6. The molecule has 1 atom stereocenters. The van der Waals surface area contributed by atoms with E-state index in [0.29, 0.717) is 22.8 Å². The van der Waals surface area contributed by atoms with Gasteiger partial charge in [0, 0.05) is 18.6 Å². The number of nitrogens with one attached hydrogen (secondary N) is 1. The Morgan fingerprint density at radius 1 is 1.13 bits per heavy atom. The number of H-pyrrole nitrogens is 1. The first-order valence-corrected chi connectivity index (χ1v) is 9.25. The van der Waals surface area contributed by atoms with Crippen molar-refractivity contribution < 1.29 is 13.5 Å². The predicted molar refractivity (Wildman–Crippen MR) is 108 cm³/mol. The van der Waals surface area contributed by atoms with E-state index in [4.69, 9.17) is 4.74 Å². The molecule has 4 rings (SSSR count). The zero-order valence-electron chi connectivity index (χ0n) is 16.6. The van der Waals surface area contributed by atoms with Crippen LogP contribution in [0.15, 0.2) is 53.3 Å². The van der Waals surface area contributed by atoms with Gasteiger partial charge in [-0.25, -0.2) is 14.6 Å². The summed E-state index contributed by atoms with van der Waals surface area (Å²) in [5.41, 5.74) is 1.35. The van der Waals surface area contributed by atoms with Gasteiger partial charge in [-0.2, -0.15) is 13.9 Å². The number of hydrogen-bond acceptors (Lipinski definition) is 5. The fraction of sp³-hybridized carbons (Fsp3) is 0.238. The lowest BCUT2D eigenvalue weighted by Gasteiger charge is -2.13. The van der Waals surface area contributed by atoms with Crippen LogP contribution in [-0.4, -0.2) is 31.8 Å². The van der Waals surface area contributed by atoms with Gasteiger partial charge in [-0.05, 0) is 37.3 Å². The molecule has 0 saturated heterocycles. The molecule has 4 aromatic rings. The number of rotatable bonds is 5. The van der Waals surface area contributed by atoms with Gasteiger partial charge in [0.05, 0.1) is 18.3 Å². The third-order valence-electron chi connectivity index (χ3n) is 4.77. The molecule has 0 aliphatic carbocycles. The lowest BCUT2D eigenvalue weighted by Crippen LogP contribution is -2.26. The molecular formula is C21H19F2N5O2. The first-order chi connectivity index (χ1) is 14.3. The van der Waals surface area contributed by atoms with Gasteiger partial charge in [0.15, 0.2) is 5.65 Å². The summed E-state index contributed by atoms with van der Waals surface area (Å²) in [7, 11) is 1.57. The van der Waals surface area contributed by atoms with E-state index in [1.807, 2.05) is 24.3 Å². The summed E-state index contributed by atoms with van der Waals surface area (Å²) in [6.45, 7) is 2.53. The maximum absolute atomic E-state index is 13.6. The molecule has 0 saturated carbocycles. The molecule has 3 heterocycles. The minimum atomic E-state index is -3.07. The van der Waals surface area contributed by atoms with E-state index < -0.39 is 12.0 Å². The minimum absolute atomic E-state index is 0.160. The number of fused-ring (bicyclic) bond motifs is 1. The van der Waals surface area contributed by atoms with Crippen molar-refractivity contribution >= 4 is 11.2 Å². The number of imidazole rings is 1. The predicted octanol–water partition coefficient (Wildman–Crippen LogP) is 3.91. The average Bonchev–Trinajstić information content (AvgIpc) is 3.16. The smallest absolute Gasteiger partial charge is 0.287 e. The van der Waals surface area contributed by atoms with Gasteiger partial charge >= 0.3 is 0 Å². The molecule has 0 bridgehead atoms. The van der Waals surface area contributed by atoms with E-state index in [0.717, 1.165) is 12.5 Å². The zero-order chi connectivity index (χ0) is 21.5. The van der Waals surface area contributed by atoms with Crippen molar-refractivity contribution in [3.05, 3.63) is 70.4 Å². The molecule has 7 nitrogen and oxygen atoms in total. The molecule has 9 heteroatoms. The number of methoxy groups -OCH3 is 1. The summed E-state index contributed by atoms with van der Waals surface area (Å²) in [4.78, 5) is 23.7. The maximum atomic E-state index is 13.6. The third-order valence-corrected chi connectivity index (χ3v) is 4.77. The Balaban J connectivity index is 1.74. The van der Waals surface area contributed by atoms with Crippen LogP contribution in [0.25, 0.3) is 22.4 Å². The van der Waals surface area contributed by atoms with E-state index >= 15 is 0 Å². The second-order valence-electron chi connectivity index (χ2n) is 6.99. The third kappa shape index (κ3) is 3.66. The van der Waals surface area contributed by atoms with Crippen molar-refractivity contribution in [1.82, 2.24) is 24.7 Å². The second kappa shape index (κ2) is 7.33. The molecule has 30 heavy (non-hydrogen) atoms. The Kier molecular flexibility index (Phi) is 4.81. The standard InChI is InChI=1S/C21H19F2N5O2/c1-12(19-24-16-7-9-17(21(2,22)23)25-20(16)26-19)28-18(29)10-8-15(27-28)13-5-4-6-14(11-13)30-3/h4-12H,1-3H3,(H,24,25,26). The Hall–Kier alpha value is -3.62. The first kappa shape index (κ1) is 19.7. The molecule has 1 aromatic carbocycles. The average molecular weight is 411 g/mol. The van der Waals surface area contributed by atoms with Crippen molar-refractivity contribution in [1.29, 1.82) is 0 Å². The lowest BCUT2D eigenvalue weighted by molar-refractivity contribution is 0.0130. The number of halogens is 2. The molecule has 0 fully saturated rings. The van der Waals surface area contributed by atoms with Gasteiger partial charge in [0.1, 0.15) is 23.3 Å². The van der Waals surface area contributed by atoms with E-state index in [2.05, 4.69) is 20.1 Å². The molecule has 1 N–H and O–H groups in total. The van der Waals surface area contributed by atoms with Crippen LogP contribution in [0.2, 0.25) is 0 Å². The second-order valence-corrected chi connectivity index (χ2v) is 6.99. The number of aromatic amines is 1. The van der Waals surface area contributed by atoms with Crippen LogP contribution in [0.1, 0.15) is 31.4 Å². The number of pyridine rings is 1. The summed E-state index contributed by atoms with van der Waals surface area (Å²) < 4.78 is 33.7. The van der Waals surface area contributed by atoms with Gasteiger partial charge in [-0.15, -0.1) is 0 Å². The van der Waals surface area contributed by atoms with E-state index in [9.17, 15) is 13.6 Å². The minimum Gasteiger partial charge on any atom is -0.497 e. The topological polar surface area (TPSA) is 85.7 Å². The van der Waals surface area contributed by atoms with Crippen LogP contribution >= 0.6 is 0 Å². The van der Waals surface area contributed by atoms with Crippen LogP contribution in [0.4, 0.5) is 8.78 Å². The summed E-state index contributed by atoms with van der Waals surface area (Å²) in [5.74, 6) is -2.00. The highest BCUT2D eigenvalue weighted by atomic mass is 19.3. The molecule has 154 valence electrons. The quantitative estimate of drug-likeness (QED) is 0.538. The fourth-order valence-corrected chi connectivity index (χ4v) is 3.11. The SMILES string of the molecule is COc1cccc(-c2ccc(=O)n(C(C)c3nc4nc(C(C)(F)F)ccc4[nH]3)n2)c1. The molecule has 0 aliphatic heterocycles. The molecule has 0 aliphatic rings. The van der Waals surface area contributed by atoms with Crippen molar-refractivity contribution in [2.75, 3.05) is 7.11 Å². The number of alkyl halides is 2. The van der Waals surface area contributed by atoms with Crippen LogP contribution in [0, 0.1) is 0 Å². The van der Waals surface area contributed by atoms with E-state index in [1.54, 1.807) is 20.1 Å². The number of benzene rings is 1. The normalized spacial score (nSPS) is 12.8. The Labute approximate surface area is 170 Å². The first-order valence-electron chi connectivity index (χ1n) is 9.25. The number of aromatic nitrogens is 5. The van der Waals surface area contributed by atoms with Gasteiger partial charge in [-0.1, -0.05) is 12.1 Å². The fourth-order valence-electron chi connectivity index (χ4n) is 3.11. The van der Waals surface area contributed by atoms with Crippen LogP contribution in [0.3, 0.4) is 0 Å². The molecule has 3 aromatic heterocycles. The van der Waals surface area contributed by atoms with E-state index in [-0.39, 0.29) is 16.9 Å². The maximum Gasteiger partial charge on any atom is 0.287 e. The highest BCUT2D eigenvalue weighted by Crippen LogP contribution is 2.27. The Morgan fingerprint density at radius 2 is 1.93 bits per heavy atom. The molecule has 0 amide bonds. The summed E-state index contributed by atoms with van der Waals surface area (Å²) >= 11 is 0. The van der Waals surface area contributed by atoms with Crippen LogP contribution in [0.5, 0.6) is 5.75 Å². The van der Waals surface area contributed by atoms with Gasteiger partial charge in [0.2, 0.25) is 0 Å². The Morgan fingerprint density at radius 3 is 2.67 bits per heavy atom. The molecule has 0 spiro atoms. The van der Waals surface area contributed by atoms with Gasteiger partial charge < -0.3 is 9.72 Å². The van der Waals surface area contributed by atoms with Crippen molar-refractivity contribution in [3.63, 3.8) is 0 Å². The van der Waals surface area contributed by atoms with Crippen LogP contribution < -0.4 is 10.3 Å². The largest absolute Gasteiger partial charge is 0.497 e. The monoisotopic (exact) mass is 411 g/mol.